The van der Waals surface area contributed by atoms with E-state index in [0.717, 1.165) is 0 Å². The molecule has 2 aromatic carbocycles. The number of H-pyrrole nitrogens is 1. The van der Waals surface area contributed by atoms with Crippen molar-refractivity contribution in [1.29, 1.82) is 0 Å². The fraction of sp³-hybridized carbons (Fsp3) is 0.103. The van der Waals surface area contributed by atoms with E-state index in [1.807, 2.05) is 0 Å². The number of carboxylic acids is 2. The molecule has 2 aliphatic rings. The topological polar surface area (TPSA) is 218 Å². The van der Waals surface area contributed by atoms with Crippen molar-refractivity contribution < 1.29 is 24.6 Å². The molecule has 7 rings (SSSR count). The Kier molecular flexibility index (Phi) is 4.92. The van der Waals surface area contributed by atoms with Crippen molar-refractivity contribution in [3.8, 4) is 0 Å². The Bertz CT molecular complexity index is 2290. The number of nitrogen functional groups attached to an aromatic ring is 2. The van der Waals surface area contributed by atoms with E-state index >= 15 is 0 Å². The molecule has 8 N–H and O–H groups in total. The molecule has 0 saturated heterocycles. The first-order valence-corrected chi connectivity index (χ1v) is 12.7. The Morgan fingerprint density at radius 3 is 2.26 bits per heavy atom. The SMILES string of the molecule is Cc1nc2ccc3cc2c(N)c1C(=O)NN1c2c(C(=O)O)c([nH]c(=O)c4c(C)nc5ccc2cc5c4N)=C(C(=O)O)C31. The lowest BCUT2D eigenvalue weighted by Gasteiger charge is -2.37. The average molecular weight is 564 g/mol. The number of carbonyl (C=O) groups excluding carboxylic acids is 1. The molecule has 42 heavy (non-hydrogen) atoms. The van der Waals surface area contributed by atoms with Crippen molar-refractivity contribution in [3.05, 3.63) is 80.2 Å². The summed E-state index contributed by atoms with van der Waals surface area (Å²) in [6, 6.07) is 8.37. The van der Waals surface area contributed by atoms with Crippen LogP contribution in [0.1, 0.15) is 43.7 Å². The molecule has 13 heteroatoms. The second-order valence-electron chi connectivity index (χ2n) is 10.3. The maximum absolute atomic E-state index is 13.8. The summed E-state index contributed by atoms with van der Waals surface area (Å²) >= 11 is 0. The third-order valence-corrected chi connectivity index (χ3v) is 7.91. The molecule has 2 aliphatic heterocycles. The quantitative estimate of drug-likeness (QED) is 0.182. The zero-order valence-electron chi connectivity index (χ0n) is 22.1. The van der Waals surface area contributed by atoms with E-state index in [1.54, 1.807) is 50.2 Å². The number of aliphatic carboxylic acids is 1. The number of benzene rings is 2. The van der Waals surface area contributed by atoms with Crippen molar-refractivity contribution in [3.63, 3.8) is 0 Å². The third-order valence-electron chi connectivity index (χ3n) is 7.91. The van der Waals surface area contributed by atoms with Crippen molar-refractivity contribution in [1.82, 2.24) is 20.4 Å². The molecule has 5 aromatic rings. The van der Waals surface area contributed by atoms with Crippen molar-refractivity contribution in [2.45, 2.75) is 19.9 Å². The van der Waals surface area contributed by atoms with E-state index in [1.165, 1.54) is 5.01 Å². The first-order chi connectivity index (χ1) is 20.0. The number of anilines is 3. The molecule has 5 heterocycles. The molecule has 208 valence electrons. The highest BCUT2D eigenvalue weighted by atomic mass is 16.4. The number of hydrogen-bond acceptors (Lipinski definition) is 9. The Labute approximate surface area is 234 Å². The molecular formula is C29H21N7O6. The first-order valence-electron chi connectivity index (χ1n) is 12.7. The Morgan fingerprint density at radius 2 is 1.57 bits per heavy atom. The highest BCUT2D eigenvalue weighted by Gasteiger charge is 2.40. The number of aryl methyl sites for hydroxylation is 2. The maximum Gasteiger partial charge on any atom is 0.340 e. The number of nitrogens with two attached hydrogens (primary N) is 2. The van der Waals surface area contributed by atoms with Crippen LogP contribution in [-0.2, 0) is 4.79 Å². The first kappa shape index (κ1) is 25.0. The number of aromatic amines is 1. The van der Waals surface area contributed by atoms with E-state index in [-0.39, 0.29) is 39.1 Å². The van der Waals surface area contributed by atoms with Gasteiger partial charge >= 0.3 is 11.9 Å². The Balaban J connectivity index is 1.79. The summed E-state index contributed by atoms with van der Waals surface area (Å²) in [7, 11) is 0. The van der Waals surface area contributed by atoms with Gasteiger partial charge < -0.3 is 26.7 Å². The number of pyridine rings is 2. The molecule has 1 amide bonds. The normalized spacial score (nSPS) is 15.5. The number of aromatic carboxylic acids is 1. The number of fused-ring (bicyclic) bond motifs is 10. The molecule has 13 nitrogen and oxygen atoms in total. The second kappa shape index (κ2) is 8.27. The summed E-state index contributed by atoms with van der Waals surface area (Å²) in [4.78, 5) is 65.1. The molecule has 0 fully saturated rings. The van der Waals surface area contributed by atoms with Gasteiger partial charge in [-0.1, -0.05) is 12.1 Å². The molecule has 3 aromatic heterocycles. The van der Waals surface area contributed by atoms with Crippen LogP contribution in [0.3, 0.4) is 0 Å². The fourth-order valence-electron chi connectivity index (χ4n) is 6.13. The Hall–Kier alpha value is -5.98. The smallest absolute Gasteiger partial charge is 0.340 e. The molecule has 1 unspecified atom stereocenters. The maximum atomic E-state index is 13.8. The molecule has 0 saturated carbocycles. The summed E-state index contributed by atoms with van der Waals surface area (Å²) in [5.41, 5.74) is 15.9. The van der Waals surface area contributed by atoms with Crippen LogP contribution < -0.4 is 32.8 Å². The monoisotopic (exact) mass is 563 g/mol. The summed E-state index contributed by atoms with van der Waals surface area (Å²) in [5.74, 6) is -3.78. The Morgan fingerprint density at radius 1 is 0.905 bits per heavy atom. The zero-order valence-corrected chi connectivity index (χ0v) is 22.1. The van der Waals surface area contributed by atoms with Gasteiger partial charge in [-0.3, -0.25) is 30.0 Å². The number of amides is 1. The largest absolute Gasteiger partial charge is 0.478 e. The predicted molar refractivity (Wildman–Crippen MR) is 155 cm³/mol. The molecule has 0 spiro atoms. The van der Waals surface area contributed by atoms with Gasteiger partial charge in [-0.15, -0.1) is 0 Å². The average Bonchev–Trinajstić information content (AvgIpc) is 2.92. The summed E-state index contributed by atoms with van der Waals surface area (Å²) in [6.45, 7) is 3.20. The minimum absolute atomic E-state index is 0.0120. The highest BCUT2D eigenvalue weighted by molar-refractivity contribution is 6.17. The zero-order chi connectivity index (χ0) is 29.8. The molecule has 8 bridgehead atoms. The number of aromatic nitrogens is 3. The molecule has 1 atom stereocenters. The van der Waals surface area contributed by atoms with Crippen molar-refractivity contribution >= 4 is 73.1 Å². The third kappa shape index (κ3) is 3.18. The predicted octanol–water partition coefficient (Wildman–Crippen LogP) is 1.84. The van der Waals surface area contributed by atoms with Crippen LogP contribution >= 0.6 is 0 Å². The van der Waals surface area contributed by atoms with Gasteiger partial charge in [0.2, 0.25) is 0 Å². The van der Waals surface area contributed by atoms with Crippen molar-refractivity contribution in [2.75, 3.05) is 16.5 Å². The van der Waals surface area contributed by atoms with Crippen LogP contribution in [-0.4, -0.2) is 43.0 Å². The van der Waals surface area contributed by atoms with Crippen LogP contribution in [0.5, 0.6) is 0 Å². The second-order valence-corrected chi connectivity index (χ2v) is 10.3. The summed E-state index contributed by atoms with van der Waals surface area (Å²) in [5, 5.41) is 23.0. The van der Waals surface area contributed by atoms with E-state index in [0.29, 0.717) is 33.1 Å². The van der Waals surface area contributed by atoms with E-state index in [2.05, 4.69) is 20.4 Å². The van der Waals surface area contributed by atoms with E-state index in [4.69, 9.17) is 11.5 Å². The number of rotatable bonds is 2. The lowest BCUT2D eigenvalue weighted by Crippen LogP contribution is -2.51. The number of carbonyl (C=O) groups is 3. The van der Waals surface area contributed by atoms with Gasteiger partial charge in [-0.2, -0.15) is 0 Å². The van der Waals surface area contributed by atoms with Crippen LogP contribution in [0.25, 0.3) is 38.2 Å². The van der Waals surface area contributed by atoms with Gasteiger partial charge in [0, 0.05) is 16.2 Å². The van der Waals surface area contributed by atoms with Crippen LogP contribution in [0.2, 0.25) is 0 Å². The summed E-state index contributed by atoms with van der Waals surface area (Å²) < 4.78 is 0. The number of hydrogen-bond donors (Lipinski definition) is 6. The highest BCUT2D eigenvalue weighted by Crippen LogP contribution is 2.42. The molecule has 0 aliphatic carbocycles. The van der Waals surface area contributed by atoms with Gasteiger partial charge in [0.05, 0.1) is 61.4 Å². The summed E-state index contributed by atoms with van der Waals surface area (Å²) in [6.07, 6.45) is 0. The minimum atomic E-state index is -1.54. The standard InChI is InChI=1S/C29H21N7O6/c1-9-17-21(30)13-7-11(3-5-15(13)32-9)24-19(28(39)40)23(34-26(17)37)20(29(41)42)25-12-4-6-16-14(8-12)22(31)18(10(2)33-16)27(38)35-36(24)25/h3-8,25H,1-2H3,(H2,30,32)(H2,31,33)(H,34,37)(H,35,38)(H,39,40)(H,41,42). The van der Waals surface area contributed by atoms with Crippen LogP contribution in [0, 0.1) is 13.8 Å². The van der Waals surface area contributed by atoms with Gasteiger partial charge in [0.25, 0.3) is 11.5 Å². The van der Waals surface area contributed by atoms with Gasteiger partial charge in [0.15, 0.2) is 0 Å². The lowest BCUT2D eigenvalue weighted by molar-refractivity contribution is -0.130. The van der Waals surface area contributed by atoms with E-state index < -0.39 is 45.9 Å². The number of nitrogens with one attached hydrogen (secondary N) is 2. The molecular weight excluding hydrogens is 542 g/mol. The van der Waals surface area contributed by atoms with E-state index in [9.17, 15) is 29.4 Å². The number of carboxylic acid groups (broad SMARTS) is 2. The van der Waals surface area contributed by atoms with Crippen LogP contribution in [0.15, 0.2) is 41.2 Å². The minimum Gasteiger partial charge on any atom is -0.478 e. The van der Waals surface area contributed by atoms with Gasteiger partial charge in [0.1, 0.15) is 11.6 Å². The van der Waals surface area contributed by atoms with Gasteiger partial charge in [-0.25, -0.2) is 9.59 Å². The molecule has 0 radical (unpaired) electrons. The fourth-order valence-corrected chi connectivity index (χ4v) is 6.13. The van der Waals surface area contributed by atoms with Crippen LogP contribution in [0.4, 0.5) is 17.1 Å². The number of nitrogens with zero attached hydrogens (tertiary/aromatic N) is 3. The lowest BCUT2D eigenvalue weighted by atomic mass is 9.90. The van der Waals surface area contributed by atoms with Crippen molar-refractivity contribution in [2.24, 2.45) is 0 Å². The number of hydrazine groups is 1. The van der Waals surface area contributed by atoms with Gasteiger partial charge in [-0.05, 0) is 43.7 Å².